The fraction of sp³-hybridized carbons (Fsp3) is 0.176. The smallest absolute Gasteiger partial charge is 0.258 e. The van der Waals surface area contributed by atoms with Gasteiger partial charge in [0.1, 0.15) is 5.75 Å². The molecule has 2 heterocycles. The van der Waals surface area contributed by atoms with Crippen molar-refractivity contribution in [3.8, 4) is 11.5 Å². The zero-order valence-corrected chi connectivity index (χ0v) is 12.7. The van der Waals surface area contributed by atoms with Gasteiger partial charge in [-0.25, -0.2) is 4.98 Å². The average Bonchev–Trinajstić information content (AvgIpc) is 2.57. The van der Waals surface area contributed by atoms with Crippen LogP contribution in [0, 0.1) is 0 Å². The van der Waals surface area contributed by atoms with Crippen LogP contribution in [0.1, 0.15) is 11.3 Å². The first-order chi connectivity index (χ1) is 11.2. The standard InChI is InChI=1S/C17H17N3O3/c1-23-14-6-4-12(5-7-14)10-18-11-13-9-16(22)20-8-2-3-15(21)17(20)19-13/h2-9,18,21H,10-11H2,1H3. The van der Waals surface area contributed by atoms with Gasteiger partial charge in [0, 0.05) is 25.4 Å². The molecule has 2 aromatic heterocycles. The van der Waals surface area contributed by atoms with Crippen LogP contribution in [0.5, 0.6) is 11.5 Å². The first-order valence-corrected chi connectivity index (χ1v) is 7.21. The van der Waals surface area contributed by atoms with Gasteiger partial charge in [-0.3, -0.25) is 9.20 Å². The van der Waals surface area contributed by atoms with E-state index in [2.05, 4.69) is 10.3 Å². The van der Waals surface area contributed by atoms with Crippen LogP contribution in [0.15, 0.2) is 53.5 Å². The summed E-state index contributed by atoms with van der Waals surface area (Å²) in [6.07, 6.45) is 1.58. The molecule has 0 radical (unpaired) electrons. The summed E-state index contributed by atoms with van der Waals surface area (Å²) < 4.78 is 6.44. The lowest BCUT2D eigenvalue weighted by Crippen LogP contribution is -2.19. The molecule has 1 aromatic carbocycles. The first-order valence-electron chi connectivity index (χ1n) is 7.21. The molecule has 0 saturated heterocycles. The Morgan fingerprint density at radius 1 is 1.22 bits per heavy atom. The van der Waals surface area contributed by atoms with Gasteiger partial charge in [-0.05, 0) is 29.8 Å². The van der Waals surface area contributed by atoms with Crippen LogP contribution in [0.25, 0.3) is 5.65 Å². The Morgan fingerprint density at radius 2 is 2.00 bits per heavy atom. The quantitative estimate of drug-likeness (QED) is 0.750. The number of benzene rings is 1. The van der Waals surface area contributed by atoms with Crippen molar-refractivity contribution in [2.75, 3.05) is 7.11 Å². The lowest BCUT2D eigenvalue weighted by atomic mass is 10.2. The highest BCUT2D eigenvalue weighted by Gasteiger charge is 2.05. The first kappa shape index (κ1) is 15.1. The third kappa shape index (κ3) is 3.32. The van der Waals surface area contributed by atoms with Gasteiger partial charge < -0.3 is 15.2 Å². The summed E-state index contributed by atoms with van der Waals surface area (Å²) in [5.74, 6) is 0.801. The Morgan fingerprint density at radius 3 is 2.74 bits per heavy atom. The number of pyridine rings is 1. The fourth-order valence-electron chi connectivity index (χ4n) is 2.33. The van der Waals surface area contributed by atoms with Crippen molar-refractivity contribution in [3.05, 3.63) is 70.3 Å². The third-order valence-electron chi connectivity index (χ3n) is 3.52. The Hall–Kier alpha value is -2.86. The third-order valence-corrected chi connectivity index (χ3v) is 3.52. The predicted molar refractivity (Wildman–Crippen MR) is 86.7 cm³/mol. The van der Waals surface area contributed by atoms with Gasteiger partial charge in [0.25, 0.3) is 5.56 Å². The highest BCUT2D eigenvalue weighted by molar-refractivity contribution is 5.52. The highest BCUT2D eigenvalue weighted by atomic mass is 16.5. The maximum atomic E-state index is 12.0. The molecule has 6 nitrogen and oxygen atoms in total. The van der Waals surface area contributed by atoms with E-state index in [0.29, 0.717) is 18.8 Å². The lowest BCUT2D eigenvalue weighted by Gasteiger charge is -2.07. The van der Waals surface area contributed by atoms with E-state index in [0.717, 1.165) is 11.3 Å². The van der Waals surface area contributed by atoms with E-state index < -0.39 is 0 Å². The SMILES string of the molecule is COc1ccc(CNCc2cc(=O)n3cccc(O)c3n2)cc1. The summed E-state index contributed by atoms with van der Waals surface area (Å²) in [7, 11) is 1.63. The Labute approximate surface area is 133 Å². The second kappa shape index (κ2) is 6.50. The summed E-state index contributed by atoms with van der Waals surface area (Å²) in [6.45, 7) is 1.08. The zero-order chi connectivity index (χ0) is 16.2. The molecule has 0 aliphatic rings. The largest absolute Gasteiger partial charge is 0.504 e. The average molecular weight is 311 g/mol. The summed E-state index contributed by atoms with van der Waals surface area (Å²) in [6, 6.07) is 12.3. The predicted octanol–water partition coefficient (Wildman–Crippen LogP) is 1.70. The van der Waals surface area contributed by atoms with Crippen LogP contribution in [-0.4, -0.2) is 21.6 Å². The molecule has 118 valence electrons. The Kier molecular flexibility index (Phi) is 4.25. The molecule has 2 N–H and O–H groups in total. The van der Waals surface area contributed by atoms with E-state index >= 15 is 0 Å². The van der Waals surface area contributed by atoms with Crippen molar-refractivity contribution in [2.45, 2.75) is 13.1 Å². The molecular formula is C17H17N3O3. The van der Waals surface area contributed by atoms with Gasteiger partial charge in [-0.15, -0.1) is 0 Å². The second-order valence-corrected chi connectivity index (χ2v) is 5.12. The van der Waals surface area contributed by atoms with Gasteiger partial charge in [0.2, 0.25) is 0 Å². The molecule has 0 atom stereocenters. The van der Waals surface area contributed by atoms with Crippen LogP contribution in [0.4, 0.5) is 0 Å². The summed E-state index contributed by atoms with van der Waals surface area (Å²) in [5, 5.41) is 13.1. The number of nitrogens with one attached hydrogen (secondary N) is 1. The molecule has 3 aromatic rings. The van der Waals surface area contributed by atoms with Gasteiger partial charge in [0.05, 0.1) is 12.8 Å². The molecule has 0 amide bonds. The van der Waals surface area contributed by atoms with Crippen molar-refractivity contribution in [3.63, 3.8) is 0 Å². The number of rotatable bonds is 5. The maximum absolute atomic E-state index is 12.0. The van der Waals surface area contributed by atoms with E-state index in [4.69, 9.17) is 4.74 Å². The minimum atomic E-state index is -0.216. The van der Waals surface area contributed by atoms with E-state index in [9.17, 15) is 9.90 Å². The summed E-state index contributed by atoms with van der Waals surface area (Å²) >= 11 is 0. The number of hydrogen-bond donors (Lipinski definition) is 2. The number of ether oxygens (including phenoxy) is 1. The Balaban J connectivity index is 1.71. The van der Waals surface area contributed by atoms with Crippen molar-refractivity contribution in [1.82, 2.24) is 14.7 Å². The molecule has 0 saturated carbocycles. The van der Waals surface area contributed by atoms with Gasteiger partial charge in [0.15, 0.2) is 11.4 Å². The minimum absolute atomic E-state index is 0.0124. The molecule has 0 fully saturated rings. The van der Waals surface area contributed by atoms with Crippen LogP contribution in [0.3, 0.4) is 0 Å². The molecule has 0 aliphatic heterocycles. The molecule has 0 aliphatic carbocycles. The summed E-state index contributed by atoms with van der Waals surface area (Å²) in [4.78, 5) is 16.4. The molecule has 0 bridgehead atoms. The summed E-state index contributed by atoms with van der Waals surface area (Å²) in [5.41, 5.74) is 1.74. The van der Waals surface area contributed by atoms with Gasteiger partial charge in [-0.1, -0.05) is 12.1 Å². The van der Waals surface area contributed by atoms with E-state index in [1.165, 1.54) is 16.5 Å². The molecule has 3 rings (SSSR count). The maximum Gasteiger partial charge on any atom is 0.258 e. The van der Waals surface area contributed by atoms with Crippen LogP contribution in [-0.2, 0) is 13.1 Å². The van der Waals surface area contributed by atoms with Crippen LogP contribution in [0.2, 0.25) is 0 Å². The monoisotopic (exact) mass is 311 g/mol. The number of aromatic hydroxyl groups is 1. The Bertz CT molecular complexity index is 872. The zero-order valence-electron chi connectivity index (χ0n) is 12.7. The topological polar surface area (TPSA) is 75.9 Å². The number of nitrogens with zero attached hydrogens (tertiary/aromatic N) is 2. The molecule has 6 heteroatoms. The normalized spacial score (nSPS) is 10.8. The van der Waals surface area contributed by atoms with Crippen LogP contribution < -0.4 is 15.6 Å². The number of methoxy groups -OCH3 is 1. The van der Waals surface area contributed by atoms with E-state index in [1.807, 2.05) is 24.3 Å². The van der Waals surface area contributed by atoms with Crippen molar-refractivity contribution in [2.24, 2.45) is 0 Å². The molecule has 0 spiro atoms. The highest BCUT2D eigenvalue weighted by Crippen LogP contribution is 2.14. The molecule has 0 unspecified atom stereocenters. The number of hydrogen-bond acceptors (Lipinski definition) is 5. The molecule has 23 heavy (non-hydrogen) atoms. The minimum Gasteiger partial charge on any atom is -0.504 e. The van der Waals surface area contributed by atoms with Crippen molar-refractivity contribution in [1.29, 1.82) is 0 Å². The van der Waals surface area contributed by atoms with Gasteiger partial charge >= 0.3 is 0 Å². The van der Waals surface area contributed by atoms with Crippen molar-refractivity contribution < 1.29 is 9.84 Å². The number of aromatic nitrogens is 2. The van der Waals surface area contributed by atoms with Gasteiger partial charge in [-0.2, -0.15) is 0 Å². The second-order valence-electron chi connectivity index (χ2n) is 5.12. The lowest BCUT2D eigenvalue weighted by molar-refractivity contribution is 0.414. The van der Waals surface area contributed by atoms with Crippen molar-refractivity contribution >= 4 is 5.65 Å². The van der Waals surface area contributed by atoms with E-state index in [1.54, 1.807) is 19.4 Å². The van der Waals surface area contributed by atoms with Crippen LogP contribution >= 0.6 is 0 Å². The molecular weight excluding hydrogens is 294 g/mol. The fourth-order valence-corrected chi connectivity index (χ4v) is 2.33. The number of fused-ring (bicyclic) bond motifs is 1. The van der Waals surface area contributed by atoms with E-state index in [-0.39, 0.29) is 17.0 Å².